The topological polar surface area (TPSA) is 32.3 Å². The molecule has 1 heterocycles. The number of rotatable bonds is 1. The van der Waals surface area contributed by atoms with Crippen LogP contribution in [0.4, 0.5) is 0 Å². The fraction of sp³-hybridized carbons (Fsp3) is 0.455. The highest BCUT2D eigenvalue weighted by Gasteiger charge is 2.24. The third kappa shape index (κ3) is 1.44. The van der Waals surface area contributed by atoms with Gasteiger partial charge in [0.2, 0.25) is 0 Å². The van der Waals surface area contributed by atoms with Crippen LogP contribution in [-0.4, -0.2) is 18.2 Å². The van der Waals surface area contributed by atoms with Gasteiger partial charge in [-0.1, -0.05) is 6.07 Å². The largest absolute Gasteiger partial charge is 0.506 e. The zero-order valence-electron chi connectivity index (χ0n) is 8.39. The number of aromatic hydroxyl groups is 1. The second-order valence-electron chi connectivity index (χ2n) is 3.93. The molecule has 0 amide bonds. The van der Waals surface area contributed by atoms with Gasteiger partial charge in [0.15, 0.2) is 0 Å². The van der Waals surface area contributed by atoms with Gasteiger partial charge in [-0.3, -0.25) is 0 Å². The molecule has 1 aliphatic heterocycles. The molecule has 0 radical (unpaired) electrons. The Bertz CT molecular complexity index is 372. The van der Waals surface area contributed by atoms with Gasteiger partial charge in [-0.15, -0.1) is 0 Å². The molecule has 0 aliphatic carbocycles. The summed E-state index contributed by atoms with van der Waals surface area (Å²) in [6.45, 7) is 6.04. The van der Waals surface area contributed by atoms with Crippen molar-refractivity contribution in [3.8, 4) is 5.75 Å². The van der Waals surface area contributed by atoms with Crippen LogP contribution in [0.2, 0.25) is 0 Å². The van der Waals surface area contributed by atoms with Crippen molar-refractivity contribution < 1.29 is 5.11 Å². The molecule has 3 heteroatoms. The lowest BCUT2D eigenvalue weighted by molar-refractivity contribution is 0.411. The van der Waals surface area contributed by atoms with E-state index in [4.69, 9.17) is 0 Å². The number of aryl methyl sites for hydroxylation is 1. The first-order valence-electron chi connectivity index (χ1n) is 4.80. The Kier molecular flexibility index (Phi) is 2.54. The van der Waals surface area contributed by atoms with Crippen molar-refractivity contribution in [2.45, 2.75) is 19.8 Å². The summed E-state index contributed by atoms with van der Waals surface area (Å²) < 4.78 is 0.847. The van der Waals surface area contributed by atoms with Crippen LogP contribution in [0.1, 0.15) is 22.6 Å². The molecule has 0 spiro atoms. The van der Waals surface area contributed by atoms with E-state index in [1.54, 1.807) is 0 Å². The van der Waals surface area contributed by atoms with Gasteiger partial charge in [-0.2, -0.15) is 0 Å². The number of halogens is 1. The van der Waals surface area contributed by atoms with Crippen molar-refractivity contribution in [1.29, 1.82) is 0 Å². The Hall–Kier alpha value is -0.540. The molecule has 1 fully saturated rings. The lowest BCUT2D eigenvalue weighted by Gasteiger charge is -2.29. The Morgan fingerprint density at radius 3 is 2.57 bits per heavy atom. The molecule has 0 unspecified atom stereocenters. The van der Waals surface area contributed by atoms with Crippen LogP contribution in [-0.2, 0) is 0 Å². The van der Waals surface area contributed by atoms with Crippen LogP contribution in [0.3, 0.4) is 0 Å². The zero-order chi connectivity index (χ0) is 10.3. The standard InChI is InChI=1S/C11H14BrNO/c1-6-3-9(8-4-13-5-8)11(14)10(12)7(6)2/h3,8,13-14H,4-5H2,1-2H3. The third-order valence-electron chi connectivity index (χ3n) is 3.00. The summed E-state index contributed by atoms with van der Waals surface area (Å²) in [5.41, 5.74) is 3.42. The fourth-order valence-corrected chi connectivity index (χ4v) is 2.25. The predicted molar refractivity (Wildman–Crippen MR) is 60.9 cm³/mol. The molecule has 0 saturated carbocycles. The highest BCUT2D eigenvalue weighted by Crippen LogP contribution is 2.38. The van der Waals surface area contributed by atoms with Gasteiger partial charge in [0.1, 0.15) is 5.75 Å². The van der Waals surface area contributed by atoms with E-state index in [1.807, 2.05) is 6.92 Å². The number of benzene rings is 1. The molecular weight excluding hydrogens is 242 g/mol. The quantitative estimate of drug-likeness (QED) is 0.809. The monoisotopic (exact) mass is 255 g/mol. The van der Waals surface area contributed by atoms with Crippen molar-refractivity contribution >= 4 is 15.9 Å². The van der Waals surface area contributed by atoms with Crippen LogP contribution in [0.15, 0.2) is 10.5 Å². The van der Waals surface area contributed by atoms with E-state index >= 15 is 0 Å². The van der Waals surface area contributed by atoms with Gasteiger partial charge in [0.05, 0.1) is 4.47 Å². The third-order valence-corrected chi connectivity index (χ3v) is 3.97. The summed E-state index contributed by atoms with van der Waals surface area (Å²) >= 11 is 3.43. The van der Waals surface area contributed by atoms with E-state index in [9.17, 15) is 5.11 Å². The maximum absolute atomic E-state index is 9.96. The first-order chi connectivity index (χ1) is 6.61. The summed E-state index contributed by atoms with van der Waals surface area (Å²) in [4.78, 5) is 0. The molecule has 1 saturated heterocycles. The minimum absolute atomic E-state index is 0.416. The van der Waals surface area contributed by atoms with Crippen LogP contribution in [0, 0.1) is 13.8 Å². The summed E-state index contributed by atoms with van der Waals surface area (Å²) in [5, 5.41) is 13.2. The van der Waals surface area contributed by atoms with Crippen LogP contribution < -0.4 is 5.32 Å². The zero-order valence-corrected chi connectivity index (χ0v) is 9.98. The lowest BCUT2D eigenvalue weighted by atomic mass is 9.90. The minimum atomic E-state index is 0.416. The van der Waals surface area contributed by atoms with E-state index < -0.39 is 0 Å². The van der Waals surface area contributed by atoms with Gasteiger partial charge in [0.25, 0.3) is 0 Å². The number of hydrogen-bond acceptors (Lipinski definition) is 2. The van der Waals surface area contributed by atoms with Crippen molar-refractivity contribution in [2.75, 3.05) is 13.1 Å². The maximum atomic E-state index is 9.96. The molecule has 0 bridgehead atoms. The molecule has 2 nitrogen and oxygen atoms in total. The fourth-order valence-electron chi connectivity index (χ4n) is 1.71. The van der Waals surface area contributed by atoms with Gasteiger partial charge < -0.3 is 10.4 Å². The molecular formula is C11H14BrNO. The first-order valence-corrected chi connectivity index (χ1v) is 5.60. The Morgan fingerprint density at radius 2 is 2.07 bits per heavy atom. The van der Waals surface area contributed by atoms with E-state index in [0.29, 0.717) is 11.7 Å². The van der Waals surface area contributed by atoms with Crippen LogP contribution >= 0.6 is 15.9 Å². The van der Waals surface area contributed by atoms with Gasteiger partial charge in [-0.25, -0.2) is 0 Å². The smallest absolute Gasteiger partial charge is 0.133 e. The SMILES string of the molecule is Cc1cc(C2CNC2)c(O)c(Br)c1C. The van der Waals surface area contributed by atoms with E-state index in [-0.39, 0.29) is 0 Å². The molecule has 76 valence electrons. The highest BCUT2D eigenvalue weighted by molar-refractivity contribution is 9.10. The highest BCUT2D eigenvalue weighted by atomic mass is 79.9. The maximum Gasteiger partial charge on any atom is 0.133 e. The second-order valence-corrected chi connectivity index (χ2v) is 4.72. The summed E-state index contributed by atoms with van der Waals surface area (Å²) in [7, 11) is 0. The minimum Gasteiger partial charge on any atom is -0.506 e. The molecule has 14 heavy (non-hydrogen) atoms. The van der Waals surface area contributed by atoms with Gasteiger partial charge >= 0.3 is 0 Å². The van der Waals surface area contributed by atoms with Gasteiger partial charge in [0, 0.05) is 24.6 Å². The summed E-state index contributed by atoms with van der Waals surface area (Å²) in [6.07, 6.45) is 0. The average Bonchev–Trinajstić information content (AvgIpc) is 2.08. The van der Waals surface area contributed by atoms with E-state index in [0.717, 1.165) is 28.7 Å². The van der Waals surface area contributed by atoms with Gasteiger partial charge in [-0.05, 0) is 40.9 Å². The molecule has 1 aromatic rings. The normalized spacial score (nSPS) is 16.8. The molecule has 0 aromatic heterocycles. The molecule has 2 rings (SSSR count). The number of nitrogens with one attached hydrogen (secondary N) is 1. The molecule has 1 aliphatic rings. The van der Waals surface area contributed by atoms with Crippen molar-refractivity contribution in [2.24, 2.45) is 0 Å². The second kappa shape index (κ2) is 3.55. The Balaban J connectivity index is 2.49. The van der Waals surface area contributed by atoms with E-state index in [1.165, 1.54) is 5.56 Å². The molecule has 2 N–H and O–H groups in total. The van der Waals surface area contributed by atoms with Crippen LogP contribution in [0.25, 0.3) is 0 Å². The summed E-state index contributed by atoms with van der Waals surface area (Å²) in [6, 6.07) is 2.10. The number of phenols is 1. The van der Waals surface area contributed by atoms with Crippen LogP contribution in [0.5, 0.6) is 5.75 Å². The van der Waals surface area contributed by atoms with Crippen molar-refractivity contribution in [3.05, 3.63) is 27.2 Å². The number of phenolic OH excluding ortho intramolecular Hbond substituents is 1. The Labute approximate surface area is 92.5 Å². The van der Waals surface area contributed by atoms with Crippen molar-refractivity contribution in [1.82, 2.24) is 5.32 Å². The molecule has 1 aromatic carbocycles. The first kappa shape index (κ1) is 9.99. The lowest BCUT2D eigenvalue weighted by Crippen LogP contribution is -2.39. The van der Waals surface area contributed by atoms with E-state index in [2.05, 4.69) is 34.2 Å². The predicted octanol–water partition coefficient (Wildman–Crippen LogP) is 2.46. The Morgan fingerprint density at radius 1 is 1.43 bits per heavy atom. The molecule has 0 atom stereocenters. The number of hydrogen-bond donors (Lipinski definition) is 2. The summed E-state index contributed by atoms with van der Waals surface area (Å²) in [5.74, 6) is 0.894. The van der Waals surface area contributed by atoms with Crippen molar-refractivity contribution in [3.63, 3.8) is 0 Å². The average molecular weight is 256 g/mol.